The molecule has 0 radical (unpaired) electrons. The lowest BCUT2D eigenvalue weighted by molar-refractivity contribution is 0.276. The first-order chi connectivity index (χ1) is 10.6. The fraction of sp³-hybridized carbons (Fsp3) is 0.412. The quantitative estimate of drug-likeness (QED) is 0.593. The molecule has 3 rings (SSSR count). The monoisotopic (exact) mass is 305 g/mol. The number of benzene rings is 1. The molecule has 1 unspecified atom stereocenters. The van der Waals surface area contributed by atoms with Crippen molar-refractivity contribution in [2.75, 3.05) is 13.7 Å². The number of nitrogens with one attached hydrogen (secondary N) is 1. The Bertz CT molecular complexity index is 652. The molecule has 0 saturated carbocycles. The van der Waals surface area contributed by atoms with Gasteiger partial charge in [0.25, 0.3) is 0 Å². The lowest BCUT2D eigenvalue weighted by Gasteiger charge is -2.32. The second-order valence-corrected chi connectivity index (χ2v) is 5.78. The van der Waals surface area contributed by atoms with Gasteiger partial charge < -0.3 is 20.3 Å². The number of rotatable bonds is 3. The molecule has 3 N–H and O–H groups in total. The number of ether oxygens (including phenoxy) is 1. The van der Waals surface area contributed by atoms with Gasteiger partial charge in [-0.05, 0) is 49.1 Å². The molecule has 0 amide bonds. The number of methoxy groups -OCH3 is 1. The highest BCUT2D eigenvalue weighted by Crippen LogP contribution is 2.34. The largest absolute Gasteiger partial charge is 0.504 e. The van der Waals surface area contributed by atoms with Crippen LogP contribution in [0.1, 0.15) is 24.8 Å². The smallest absolute Gasteiger partial charge is 0.160 e. The van der Waals surface area contributed by atoms with Crippen molar-refractivity contribution in [3.05, 3.63) is 46.5 Å². The third kappa shape index (κ3) is 2.81. The predicted octanol–water partition coefficient (Wildman–Crippen LogP) is 2.76. The van der Waals surface area contributed by atoms with Gasteiger partial charge in [0.2, 0.25) is 0 Å². The summed E-state index contributed by atoms with van der Waals surface area (Å²) in [6.07, 6.45) is 5.14. The van der Waals surface area contributed by atoms with Crippen molar-refractivity contribution in [2.24, 2.45) is 0 Å². The number of halogens is 1. The SMILES string of the molecule is COC1=CCC2=C(CCNC2Cc2cc(O)c(O)cc2F)C1. The van der Waals surface area contributed by atoms with E-state index in [2.05, 4.69) is 11.4 Å². The third-order valence-electron chi connectivity index (χ3n) is 4.46. The van der Waals surface area contributed by atoms with Crippen molar-refractivity contribution in [2.45, 2.75) is 31.7 Å². The lowest BCUT2D eigenvalue weighted by Crippen LogP contribution is -2.39. The summed E-state index contributed by atoms with van der Waals surface area (Å²) in [4.78, 5) is 0. The highest BCUT2D eigenvalue weighted by molar-refractivity contribution is 5.43. The van der Waals surface area contributed by atoms with Crippen molar-refractivity contribution in [1.82, 2.24) is 5.32 Å². The fourth-order valence-corrected chi connectivity index (χ4v) is 3.24. The van der Waals surface area contributed by atoms with E-state index < -0.39 is 11.6 Å². The number of allylic oxidation sites excluding steroid dienone is 2. The summed E-state index contributed by atoms with van der Waals surface area (Å²) in [7, 11) is 1.69. The zero-order valence-corrected chi connectivity index (χ0v) is 12.5. The molecule has 22 heavy (non-hydrogen) atoms. The van der Waals surface area contributed by atoms with Gasteiger partial charge in [0.15, 0.2) is 11.5 Å². The number of aromatic hydroxyl groups is 2. The molecule has 1 atom stereocenters. The van der Waals surface area contributed by atoms with Gasteiger partial charge in [0.1, 0.15) is 5.82 Å². The first-order valence-corrected chi connectivity index (χ1v) is 7.46. The van der Waals surface area contributed by atoms with Crippen LogP contribution in [-0.4, -0.2) is 29.9 Å². The number of phenolic OH excluding ortho intramolecular Hbond substituents is 2. The number of hydrogen-bond donors (Lipinski definition) is 3. The molecular weight excluding hydrogens is 285 g/mol. The van der Waals surface area contributed by atoms with Crippen LogP contribution in [0, 0.1) is 5.82 Å². The Balaban J connectivity index is 1.82. The molecular formula is C17H20FNO3. The summed E-state index contributed by atoms with van der Waals surface area (Å²) in [5, 5.41) is 22.3. The topological polar surface area (TPSA) is 61.7 Å². The van der Waals surface area contributed by atoms with Crippen molar-refractivity contribution < 1.29 is 19.3 Å². The zero-order valence-electron chi connectivity index (χ0n) is 12.5. The predicted molar refractivity (Wildman–Crippen MR) is 81.2 cm³/mol. The minimum Gasteiger partial charge on any atom is -0.504 e. The Morgan fingerprint density at radius 3 is 2.86 bits per heavy atom. The Labute approximate surface area is 128 Å². The summed E-state index contributed by atoms with van der Waals surface area (Å²) in [6.45, 7) is 0.853. The zero-order chi connectivity index (χ0) is 15.7. The Kier molecular flexibility index (Phi) is 4.07. The van der Waals surface area contributed by atoms with E-state index in [1.54, 1.807) is 7.11 Å². The molecule has 0 aromatic heterocycles. The average molecular weight is 305 g/mol. The summed E-state index contributed by atoms with van der Waals surface area (Å²) >= 11 is 0. The number of phenols is 2. The standard InChI is InChI=1S/C17H20FNO3/c1-22-12-2-3-13-10(6-12)4-5-19-15(13)7-11-8-16(20)17(21)9-14(11)18/h2,8-9,15,19-21H,3-7H2,1H3. The van der Waals surface area contributed by atoms with E-state index in [4.69, 9.17) is 4.74 Å². The Morgan fingerprint density at radius 1 is 1.32 bits per heavy atom. The Hall–Kier alpha value is -2.01. The first-order valence-electron chi connectivity index (χ1n) is 7.46. The van der Waals surface area contributed by atoms with Crippen LogP contribution in [-0.2, 0) is 11.2 Å². The minimum absolute atomic E-state index is 0.0526. The van der Waals surface area contributed by atoms with E-state index >= 15 is 0 Å². The van der Waals surface area contributed by atoms with Gasteiger partial charge in [-0.1, -0.05) is 5.57 Å². The van der Waals surface area contributed by atoms with Crippen LogP contribution >= 0.6 is 0 Å². The molecule has 1 aromatic rings. The molecule has 5 heteroatoms. The van der Waals surface area contributed by atoms with Gasteiger partial charge in [-0.25, -0.2) is 4.39 Å². The van der Waals surface area contributed by atoms with Crippen LogP contribution in [0.4, 0.5) is 4.39 Å². The van der Waals surface area contributed by atoms with Crippen molar-refractivity contribution in [3.8, 4) is 11.5 Å². The van der Waals surface area contributed by atoms with Gasteiger partial charge in [0.05, 0.1) is 12.9 Å². The highest BCUT2D eigenvalue weighted by atomic mass is 19.1. The van der Waals surface area contributed by atoms with E-state index in [-0.39, 0.29) is 11.8 Å². The normalized spacial score (nSPS) is 21.4. The van der Waals surface area contributed by atoms with Crippen LogP contribution in [0.25, 0.3) is 0 Å². The average Bonchev–Trinajstić information content (AvgIpc) is 2.52. The van der Waals surface area contributed by atoms with Gasteiger partial charge in [0, 0.05) is 18.5 Å². The molecule has 4 nitrogen and oxygen atoms in total. The molecule has 0 bridgehead atoms. The summed E-state index contributed by atoms with van der Waals surface area (Å²) < 4.78 is 19.3. The maximum Gasteiger partial charge on any atom is 0.160 e. The molecule has 118 valence electrons. The second kappa shape index (κ2) is 6.01. The van der Waals surface area contributed by atoms with E-state index in [1.165, 1.54) is 17.2 Å². The van der Waals surface area contributed by atoms with Crippen LogP contribution < -0.4 is 5.32 Å². The van der Waals surface area contributed by atoms with Crippen molar-refractivity contribution in [1.29, 1.82) is 0 Å². The second-order valence-electron chi connectivity index (χ2n) is 5.78. The third-order valence-corrected chi connectivity index (χ3v) is 4.46. The molecule has 1 aliphatic carbocycles. The van der Waals surface area contributed by atoms with E-state index in [9.17, 15) is 14.6 Å². The Morgan fingerprint density at radius 2 is 2.09 bits per heavy atom. The highest BCUT2D eigenvalue weighted by Gasteiger charge is 2.26. The molecule has 1 aromatic carbocycles. The van der Waals surface area contributed by atoms with Crippen LogP contribution in [0.2, 0.25) is 0 Å². The molecule has 2 aliphatic rings. The van der Waals surface area contributed by atoms with Crippen molar-refractivity contribution >= 4 is 0 Å². The summed E-state index contributed by atoms with van der Waals surface area (Å²) in [5.74, 6) is -0.212. The maximum atomic E-state index is 14.0. The number of hydrogen-bond acceptors (Lipinski definition) is 4. The lowest BCUT2D eigenvalue weighted by atomic mass is 9.83. The van der Waals surface area contributed by atoms with E-state index in [0.717, 1.165) is 37.6 Å². The maximum absolute atomic E-state index is 14.0. The van der Waals surface area contributed by atoms with E-state index in [1.807, 2.05) is 0 Å². The van der Waals surface area contributed by atoms with Gasteiger partial charge in [-0.3, -0.25) is 0 Å². The summed E-state index contributed by atoms with van der Waals surface area (Å²) in [5.41, 5.74) is 3.06. The minimum atomic E-state index is -0.492. The molecule has 0 fully saturated rings. The van der Waals surface area contributed by atoms with Gasteiger partial charge in [-0.15, -0.1) is 0 Å². The van der Waals surface area contributed by atoms with Crippen LogP contribution in [0.15, 0.2) is 35.1 Å². The molecule has 0 spiro atoms. The fourth-order valence-electron chi connectivity index (χ4n) is 3.24. The molecule has 1 aliphatic heterocycles. The first kappa shape index (κ1) is 14.9. The summed E-state index contributed by atoms with van der Waals surface area (Å²) in [6, 6.07) is 2.32. The van der Waals surface area contributed by atoms with E-state index in [0.29, 0.717) is 12.0 Å². The molecule has 0 saturated heterocycles. The van der Waals surface area contributed by atoms with Gasteiger partial charge in [-0.2, -0.15) is 0 Å². The van der Waals surface area contributed by atoms with Crippen LogP contribution in [0.5, 0.6) is 11.5 Å². The van der Waals surface area contributed by atoms with Gasteiger partial charge >= 0.3 is 0 Å². The van der Waals surface area contributed by atoms with Crippen LogP contribution in [0.3, 0.4) is 0 Å². The molecule has 1 heterocycles. The van der Waals surface area contributed by atoms with Crippen molar-refractivity contribution in [3.63, 3.8) is 0 Å².